The highest BCUT2D eigenvalue weighted by Gasteiger charge is 2.13. The van der Waals surface area contributed by atoms with Crippen molar-refractivity contribution >= 4 is 17.2 Å². The van der Waals surface area contributed by atoms with Crippen molar-refractivity contribution in [1.82, 2.24) is 9.88 Å². The predicted molar refractivity (Wildman–Crippen MR) is 71.0 cm³/mol. The summed E-state index contributed by atoms with van der Waals surface area (Å²) in [6, 6.07) is 5.91. The Balaban J connectivity index is 1.81. The highest BCUT2D eigenvalue weighted by atomic mass is 32.1. The number of nitrogens with zero attached hydrogens (tertiary/aromatic N) is 2. The summed E-state index contributed by atoms with van der Waals surface area (Å²) in [5, 5.41) is 1.70. The van der Waals surface area contributed by atoms with Gasteiger partial charge >= 0.3 is 0 Å². The zero-order valence-electron chi connectivity index (χ0n) is 10.4. The lowest BCUT2D eigenvalue weighted by Crippen LogP contribution is -2.31. The van der Waals surface area contributed by atoms with Gasteiger partial charge in [0.05, 0.1) is 12.1 Å². The van der Waals surface area contributed by atoms with Crippen molar-refractivity contribution in [2.24, 2.45) is 0 Å². The monoisotopic (exact) mass is 280 g/mol. The van der Waals surface area contributed by atoms with Crippen molar-refractivity contribution in [3.8, 4) is 5.75 Å². The largest absolute Gasteiger partial charge is 0.492 e. The fraction of sp³-hybridized carbons (Fsp3) is 0.231. The summed E-state index contributed by atoms with van der Waals surface area (Å²) in [4.78, 5) is 17.3. The Kier molecular flexibility index (Phi) is 4.46. The zero-order valence-corrected chi connectivity index (χ0v) is 11.2. The summed E-state index contributed by atoms with van der Waals surface area (Å²) in [6.07, 6.45) is 0. The van der Waals surface area contributed by atoms with Gasteiger partial charge in [-0.05, 0) is 12.1 Å². The molecule has 2 rings (SSSR count). The van der Waals surface area contributed by atoms with E-state index in [0.29, 0.717) is 24.6 Å². The number of thiazole rings is 1. The number of aromatic nitrogens is 1. The molecule has 0 spiro atoms. The van der Waals surface area contributed by atoms with Crippen molar-refractivity contribution in [3.05, 3.63) is 46.7 Å². The first-order chi connectivity index (χ1) is 9.16. The Morgan fingerprint density at radius 3 is 3.05 bits per heavy atom. The zero-order chi connectivity index (χ0) is 13.7. The molecule has 0 aliphatic carbocycles. The van der Waals surface area contributed by atoms with Crippen LogP contribution >= 0.6 is 11.3 Å². The third-order valence-electron chi connectivity index (χ3n) is 2.49. The van der Waals surface area contributed by atoms with E-state index >= 15 is 0 Å². The predicted octanol–water partition coefficient (Wildman–Crippen LogP) is 2.43. The fourth-order valence-corrected chi connectivity index (χ4v) is 2.00. The van der Waals surface area contributed by atoms with Gasteiger partial charge in [-0.15, -0.1) is 11.3 Å². The van der Waals surface area contributed by atoms with Crippen LogP contribution in [0.5, 0.6) is 5.75 Å². The second kappa shape index (κ2) is 6.29. The van der Waals surface area contributed by atoms with Crippen LogP contribution in [0.3, 0.4) is 0 Å². The number of amides is 1. The van der Waals surface area contributed by atoms with E-state index in [9.17, 15) is 9.18 Å². The van der Waals surface area contributed by atoms with Gasteiger partial charge in [0, 0.05) is 18.5 Å². The molecule has 0 saturated carbocycles. The van der Waals surface area contributed by atoms with Gasteiger partial charge in [0.25, 0.3) is 5.91 Å². The number of likely N-dealkylation sites (N-methyl/N-ethyl adjacent to an activating group) is 1. The maximum absolute atomic E-state index is 12.9. The van der Waals surface area contributed by atoms with Gasteiger partial charge in [-0.1, -0.05) is 6.07 Å². The van der Waals surface area contributed by atoms with E-state index in [4.69, 9.17) is 4.74 Å². The average molecular weight is 280 g/mol. The number of carbonyl (C=O) groups excluding carboxylic acids is 1. The molecule has 0 bridgehead atoms. The molecule has 0 radical (unpaired) electrons. The van der Waals surface area contributed by atoms with Crippen LogP contribution in [0.2, 0.25) is 0 Å². The highest BCUT2D eigenvalue weighted by Crippen LogP contribution is 2.12. The molecule has 0 unspecified atom stereocenters. The molecule has 0 saturated heterocycles. The van der Waals surface area contributed by atoms with Crippen molar-refractivity contribution < 1.29 is 13.9 Å². The number of hydrogen-bond donors (Lipinski definition) is 0. The quantitative estimate of drug-likeness (QED) is 0.844. The molecule has 0 N–H and O–H groups in total. The maximum atomic E-state index is 12.9. The first kappa shape index (κ1) is 13.5. The molecule has 19 heavy (non-hydrogen) atoms. The smallest absolute Gasteiger partial charge is 0.273 e. The summed E-state index contributed by atoms with van der Waals surface area (Å²) in [5.41, 5.74) is 2.04. The number of halogens is 1. The Morgan fingerprint density at radius 1 is 1.53 bits per heavy atom. The minimum atomic E-state index is -0.343. The first-order valence-electron chi connectivity index (χ1n) is 5.69. The SMILES string of the molecule is CN(CCOc1cccc(F)c1)C(=O)c1cscn1. The molecule has 1 aromatic carbocycles. The third-order valence-corrected chi connectivity index (χ3v) is 3.08. The lowest BCUT2D eigenvalue weighted by Gasteiger charge is -2.16. The molecular formula is C13H13FN2O2S. The van der Waals surface area contributed by atoms with E-state index < -0.39 is 0 Å². The number of rotatable bonds is 5. The van der Waals surface area contributed by atoms with Crippen LogP contribution < -0.4 is 4.74 Å². The summed E-state index contributed by atoms with van der Waals surface area (Å²) in [7, 11) is 1.68. The van der Waals surface area contributed by atoms with Crippen LogP contribution in [0.15, 0.2) is 35.2 Å². The normalized spacial score (nSPS) is 10.2. The number of benzene rings is 1. The second-order valence-electron chi connectivity index (χ2n) is 3.91. The topological polar surface area (TPSA) is 42.4 Å². The molecule has 4 nitrogen and oxygen atoms in total. The van der Waals surface area contributed by atoms with Crippen LogP contribution in [0.4, 0.5) is 4.39 Å². The molecule has 0 atom stereocenters. The Hall–Kier alpha value is -1.95. The van der Waals surface area contributed by atoms with Crippen molar-refractivity contribution in [2.75, 3.05) is 20.2 Å². The van der Waals surface area contributed by atoms with Crippen LogP contribution in [-0.4, -0.2) is 36.0 Å². The fourth-order valence-electron chi connectivity index (χ4n) is 1.47. The van der Waals surface area contributed by atoms with Crippen molar-refractivity contribution in [1.29, 1.82) is 0 Å². The molecule has 1 aromatic heterocycles. The third kappa shape index (κ3) is 3.75. The Morgan fingerprint density at radius 2 is 2.37 bits per heavy atom. The minimum absolute atomic E-state index is 0.149. The molecule has 0 aliphatic rings. The molecule has 0 fully saturated rings. The number of hydrogen-bond acceptors (Lipinski definition) is 4. The molecule has 1 heterocycles. The van der Waals surface area contributed by atoms with E-state index in [1.54, 1.807) is 30.1 Å². The summed E-state index contributed by atoms with van der Waals surface area (Å²) < 4.78 is 18.3. The maximum Gasteiger partial charge on any atom is 0.273 e. The number of ether oxygens (including phenoxy) is 1. The summed E-state index contributed by atoms with van der Waals surface area (Å²) >= 11 is 1.38. The molecule has 2 aromatic rings. The lowest BCUT2D eigenvalue weighted by atomic mass is 10.3. The Bertz CT molecular complexity index is 545. The minimum Gasteiger partial charge on any atom is -0.492 e. The standard InChI is InChI=1S/C13H13FN2O2S/c1-16(13(17)12-8-19-9-15-12)5-6-18-11-4-2-3-10(14)7-11/h2-4,7-9H,5-6H2,1H3. The van der Waals surface area contributed by atoms with Gasteiger partial charge in [0.1, 0.15) is 23.9 Å². The first-order valence-corrected chi connectivity index (χ1v) is 6.63. The van der Waals surface area contributed by atoms with Crippen LogP contribution in [0.1, 0.15) is 10.5 Å². The summed E-state index contributed by atoms with van der Waals surface area (Å²) in [6.45, 7) is 0.711. The Labute approximate surface area is 114 Å². The molecule has 0 aliphatic heterocycles. The van der Waals surface area contributed by atoms with Gasteiger partial charge in [-0.25, -0.2) is 9.37 Å². The molecule has 6 heteroatoms. The lowest BCUT2D eigenvalue weighted by molar-refractivity contribution is 0.0768. The number of carbonyl (C=O) groups is 1. The molecule has 1 amide bonds. The van der Waals surface area contributed by atoms with Crippen LogP contribution in [-0.2, 0) is 0 Å². The van der Waals surface area contributed by atoms with Gasteiger partial charge in [-0.2, -0.15) is 0 Å². The van der Waals surface area contributed by atoms with Gasteiger partial charge in [0.2, 0.25) is 0 Å². The highest BCUT2D eigenvalue weighted by molar-refractivity contribution is 7.07. The van der Waals surface area contributed by atoms with Crippen LogP contribution in [0.25, 0.3) is 0 Å². The second-order valence-corrected chi connectivity index (χ2v) is 4.62. The van der Waals surface area contributed by atoms with E-state index in [1.165, 1.54) is 28.4 Å². The van der Waals surface area contributed by atoms with Gasteiger partial charge in [-0.3, -0.25) is 4.79 Å². The van der Waals surface area contributed by atoms with Crippen molar-refractivity contribution in [3.63, 3.8) is 0 Å². The van der Waals surface area contributed by atoms with E-state index in [0.717, 1.165) is 0 Å². The van der Waals surface area contributed by atoms with Gasteiger partial charge in [0.15, 0.2) is 0 Å². The van der Waals surface area contributed by atoms with E-state index in [1.807, 2.05) is 0 Å². The van der Waals surface area contributed by atoms with E-state index in [-0.39, 0.29) is 11.7 Å². The van der Waals surface area contributed by atoms with Gasteiger partial charge < -0.3 is 9.64 Å². The van der Waals surface area contributed by atoms with Crippen molar-refractivity contribution in [2.45, 2.75) is 0 Å². The average Bonchev–Trinajstić information content (AvgIpc) is 2.91. The molecule has 100 valence electrons. The van der Waals surface area contributed by atoms with Crippen LogP contribution in [0, 0.1) is 5.82 Å². The molecular weight excluding hydrogens is 267 g/mol. The van der Waals surface area contributed by atoms with E-state index in [2.05, 4.69) is 4.98 Å². The summed E-state index contributed by atoms with van der Waals surface area (Å²) in [5.74, 6) is -0.0389.